The largest absolute Gasteiger partial charge is 0.481 e. The van der Waals surface area contributed by atoms with Crippen molar-refractivity contribution in [3.8, 4) is 11.1 Å². The van der Waals surface area contributed by atoms with Crippen molar-refractivity contribution in [1.29, 1.82) is 0 Å². The molecule has 0 aliphatic rings. The standard InChI is InChI=1S/C19H23NO2/c1-14-10-15(2)12-18(11-14)17-7-5-16(6-8-17)13-20-9-3-4-19(21)22/h5-8,10-12,20H,3-4,9,13H2,1-2H3,(H,21,22). The van der Waals surface area contributed by atoms with Crippen molar-refractivity contribution in [3.05, 3.63) is 59.2 Å². The van der Waals surface area contributed by atoms with Crippen molar-refractivity contribution >= 4 is 5.97 Å². The Morgan fingerprint density at radius 2 is 1.64 bits per heavy atom. The van der Waals surface area contributed by atoms with Crippen LogP contribution < -0.4 is 5.32 Å². The molecule has 0 spiro atoms. The summed E-state index contributed by atoms with van der Waals surface area (Å²) in [6, 6.07) is 15.1. The van der Waals surface area contributed by atoms with E-state index in [2.05, 4.69) is 61.6 Å². The van der Waals surface area contributed by atoms with E-state index < -0.39 is 5.97 Å². The molecule has 2 aromatic rings. The van der Waals surface area contributed by atoms with Crippen molar-refractivity contribution < 1.29 is 9.90 Å². The third-order valence-electron chi connectivity index (χ3n) is 3.58. The topological polar surface area (TPSA) is 49.3 Å². The zero-order chi connectivity index (χ0) is 15.9. The molecule has 0 radical (unpaired) electrons. The Bertz CT molecular complexity index is 612. The van der Waals surface area contributed by atoms with Gasteiger partial charge in [-0.2, -0.15) is 0 Å². The highest BCUT2D eigenvalue weighted by Crippen LogP contribution is 2.22. The molecule has 0 amide bonds. The van der Waals surface area contributed by atoms with Crippen LogP contribution in [-0.2, 0) is 11.3 Å². The predicted octanol–water partition coefficient (Wildman–Crippen LogP) is 3.92. The average molecular weight is 297 g/mol. The molecule has 0 unspecified atom stereocenters. The van der Waals surface area contributed by atoms with Crippen LogP contribution in [0.5, 0.6) is 0 Å². The van der Waals surface area contributed by atoms with Crippen LogP contribution in [0.25, 0.3) is 11.1 Å². The third-order valence-corrected chi connectivity index (χ3v) is 3.58. The lowest BCUT2D eigenvalue weighted by Gasteiger charge is -2.08. The van der Waals surface area contributed by atoms with Gasteiger partial charge in [-0.15, -0.1) is 0 Å². The summed E-state index contributed by atoms with van der Waals surface area (Å²) in [7, 11) is 0. The summed E-state index contributed by atoms with van der Waals surface area (Å²) in [6.45, 7) is 5.73. The van der Waals surface area contributed by atoms with Crippen LogP contribution in [0, 0.1) is 13.8 Å². The predicted molar refractivity (Wildman–Crippen MR) is 89.9 cm³/mol. The van der Waals surface area contributed by atoms with Crippen molar-refractivity contribution in [3.63, 3.8) is 0 Å². The molecular formula is C19H23NO2. The second kappa shape index (κ2) is 7.76. The maximum Gasteiger partial charge on any atom is 0.303 e. The highest BCUT2D eigenvalue weighted by Gasteiger charge is 2.01. The Hall–Kier alpha value is -2.13. The molecule has 22 heavy (non-hydrogen) atoms. The molecule has 116 valence electrons. The summed E-state index contributed by atoms with van der Waals surface area (Å²) < 4.78 is 0. The van der Waals surface area contributed by atoms with Crippen molar-refractivity contribution in [2.75, 3.05) is 6.54 Å². The molecule has 0 heterocycles. The summed E-state index contributed by atoms with van der Waals surface area (Å²) in [5.41, 5.74) is 6.24. The number of aryl methyl sites for hydroxylation is 2. The molecular weight excluding hydrogens is 274 g/mol. The van der Waals surface area contributed by atoms with Gasteiger partial charge in [0.25, 0.3) is 0 Å². The second-order valence-electron chi connectivity index (χ2n) is 5.75. The zero-order valence-corrected chi connectivity index (χ0v) is 13.2. The fourth-order valence-electron chi connectivity index (χ4n) is 2.55. The highest BCUT2D eigenvalue weighted by molar-refractivity contribution is 5.66. The quantitative estimate of drug-likeness (QED) is 0.761. The number of aliphatic carboxylic acids is 1. The molecule has 0 saturated heterocycles. The van der Waals surface area contributed by atoms with Gasteiger partial charge in [0.15, 0.2) is 0 Å². The molecule has 0 fully saturated rings. The van der Waals surface area contributed by atoms with Gasteiger partial charge in [0, 0.05) is 13.0 Å². The van der Waals surface area contributed by atoms with E-state index in [0.29, 0.717) is 6.42 Å². The van der Waals surface area contributed by atoms with Crippen LogP contribution in [0.4, 0.5) is 0 Å². The molecule has 3 nitrogen and oxygen atoms in total. The van der Waals surface area contributed by atoms with Crippen LogP contribution in [0.3, 0.4) is 0 Å². The molecule has 0 aliphatic carbocycles. The number of hydrogen-bond donors (Lipinski definition) is 2. The van der Waals surface area contributed by atoms with E-state index in [-0.39, 0.29) is 6.42 Å². The lowest BCUT2D eigenvalue weighted by Crippen LogP contribution is -2.15. The smallest absolute Gasteiger partial charge is 0.303 e. The molecule has 2 rings (SSSR count). The van der Waals surface area contributed by atoms with Gasteiger partial charge >= 0.3 is 5.97 Å². The average Bonchev–Trinajstić information content (AvgIpc) is 2.46. The minimum Gasteiger partial charge on any atom is -0.481 e. The van der Waals surface area contributed by atoms with Gasteiger partial charge in [-0.1, -0.05) is 53.6 Å². The van der Waals surface area contributed by atoms with Gasteiger partial charge < -0.3 is 10.4 Å². The zero-order valence-electron chi connectivity index (χ0n) is 13.2. The van der Waals surface area contributed by atoms with Gasteiger partial charge in [0.2, 0.25) is 0 Å². The summed E-state index contributed by atoms with van der Waals surface area (Å²) >= 11 is 0. The van der Waals surface area contributed by atoms with Crippen LogP contribution in [0.15, 0.2) is 42.5 Å². The molecule has 0 bridgehead atoms. The number of hydrogen-bond acceptors (Lipinski definition) is 2. The lowest BCUT2D eigenvalue weighted by atomic mass is 10.00. The highest BCUT2D eigenvalue weighted by atomic mass is 16.4. The van der Waals surface area contributed by atoms with Crippen LogP contribution >= 0.6 is 0 Å². The van der Waals surface area contributed by atoms with Gasteiger partial charge in [-0.3, -0.25) is 4.79 Å². The first-order valence-electron chi connectivity index (χ1n) is 7.65. The minimum atomic E-state index is -0.736. The van der Waals surface area contributed by atoms with E-state index in [0.717, 1.165) is 13.1 Å². The van der Waals surface area contributed by atoms with Crippen LogP contribution in [0.2, 0.25) is 0 Å². The van der Waals surface area contributed by atoms with Gasteiger partial charge in [0.05, 0.1) is 0 Å². The maximum atomic E-state index is 10.4. The SMILES string of the molecule is Cc1cc(C)cc(-c2ccc(CNCCCC(=O)O)cc2)c1. The van der Waals surface area contributed by atoms with Crippen LogP contribution in [-0.4, -0.2) is 17.6 Å². The van der Waals surface area contributed by atoms with Crippen molar-refractivity contribution in [2.45, 2.75) is 33.2 Å². The second-order valence-corrected chi connectivity index (χ2v) is 5.75. The minimum absolute atomic E-state index is 0.221. The number of benzene rings is 2. The normalized spacial score (nSPS) is 10.6. The van der Waals surface area contributed by atoms with E-state index in [1.807, 2.05) is 0 Å². The number of nitrogens with one attached hydrogen (secondary N) is 1. The van der Waals surface area contributed by atoms with E-state index in [9.17, 15) is 4.79 Å². The first-order chi connectivity index (χ1) is 10.5. The number of carbonyl (C=O) groups is 1. The number of carboxylic acid groups (broad SMARTS) is 1. The fraction of sp³-hybridized carbons (Fsp3) is 0.316. The molecule has 0 atom stereocenters. The van der Waals surface area contributed by atoms with Crippen LogP contribution in [0.1, 0.15) is 29.5 Å². The van der Waals surface area contributed by atoms with Gasteiger partial charge in [-0.05, 0) is 43.5 Å². The van der Waals surface area contributed by atoms with E-state index >= 15 is 0 Å². The Kier molecular flexibility index (Phi) is 5.73. The molecule has 0 aromatic heterocycles. The molecule has 0 saturated carbocycles. The Labute approximate surface area is 132 Å². The summed E-state index contributed by atoms with van der Waals surface area (Å²) in [5, 5.41) is 11.9. The fourth-order valence-corrected chi connectivity index (χ4v) is 2.55. The van der Waals surface area contributed by atoms with E-state index in [1.54, 1.807) is 0 Å². The van der Waals surface area contributed by atoms with Crippen molar-refractivity contribution in [1.82, 2.24) is 5.32 Å². The monoisotopic (exact) mass is 297 g/mol. The van der Waals surface area contributed by atoms with Gasteiger partial charge in [0.1, 0.15) is 0 Å². The molecule has 3 heteroatoms. The van der Waals surface area contributed by atoms with Crippen molar-refractivity contribution in [2.24, 2.45) is 0 Å². The van der Waals surface area contributed by atoms with E-state index in [1.165, 1.54) is 27.8 Å². The molecule has 2 N–H and O–H groups in total. The Morgan fingerprint density at radius 3 is 2.23 bits per heavy atom. The first-order valence-corrected chi connectivity index (χ1v) is 7.65. The third kappa shape index (κ3) is 5.01. The van der Waals surface area contributed by atoms with Gasteiger partial charge in [-0.25, -0.2) is 0 Å². The maximum absolute atomic E-state index is 10.4. The summed E-state index contributed by atoms with van der Waals surface area (Å²) in [5.74, 6) is -0.736. The number of rotatable bonds is 7. The summed E-state index contributed by atoms with van der Waals surface area (Å²) in [6.07, 6.45) is 0.884. The Morgan fingerprint density at radius 1 is 1.00 bits per heavy atom. The lowest BCUT2D eigenvalue weighted by molar-refractivity contribution is -0.137. The first kappa shape index (κ1) is 16.2. The van der Waals surface area contributed by atoms with E-state index in [4.69, 9.17) is 5.11 Å². The molecule has 0 aliphatic heterocycles. The number of carboxylic acids is 1. The summed E-state index contributed by atoms with van der Waals surface area (Å²) in [4.78, 5) is 10.4. The molecule has 2 aromatic carbocycles. The Balaban J connectivity index is 1.91.